The molecule has 1 aliphatic heterocycles. The van der Waals surface area contributed by atoms with Crippen LogP contribution >= 0.6 is 27.3 Å². The van der Waals surface area contributed by atoms with Crippen LogP contribution in [0.4, 0.5) is 0 Å². The van der Waals surface area contributed by atoms with E-state index in [1.807, 2.05) is 6.07 Å². The van der Waals surface area contributed by atoms with Crippen molar-refractivity contribution in [2.75, 3.05) is 19.8 Å². The Hall–Kier alpha value is 0.0600. The number of hydrogen-bond acceptors (Lipinski definition) is 4. The van der Waals surface area contributed by atoms with Gasteiger partial charge in [-0.25, -0.2) is 0 Å². The van der Waals surface area contributed by atoms with Crippen molar-refractivity contribution in [2.24, 2.45) is 5.73 Å². The van der Waals surface area contributed by atoms with Crippen molar-refractivity contribution in [3.05, 3.63) is 20.8 Å². The van der Waals surface area contributed by atoms with Gasteiger partial charge in [0, 0.05) is 21.8 Å². The molecule has 1 aromatic heterocycles. The lowest BCUT2D eigenvalue weighted by Crippen LogP contribution is -2.44. The second-order valence-electron chi connectivity index (χ2n) is 3.54. The van der Waals surface area contributed by atoms with Gasteiger partial charge in [0.05, 0.1) is 25.9 Å². The molecule has 2 unspecified atom stereocenters. The van der Waals surface area contributed by atoms with Crippen molar-refractivity contribution in [3.8, 4) is 0 Å². The summed E-state index contributed by atoms with van der Waals surface area (Å²) >= 11 is 5.22. The largest absolute Gasteiger partial charge is 0.376 e. The molecule has 1 aromatic rings. The maximum absolute atomic E-state index is 6.09. The molecule has 2 N–H and O–H groups in total. The Kier molecular flexibility index (Phi) is 4.16. The Morgan fingerprint density at radius 1 is 1.60 bits per heavy atom. The second kappa shape index (κ2) is 5.41. The van der Waals surface area contributed by atoms with E-state index in [0.717, 1.165) is 10.9 Å². The second-order valence-corrected chi connectivity index (χ2v) is 5.40. The predicted molar refractivity (Wildman–Crippen MR) is 64.3 cm³/mol. The van der Waals surface area contributed by atoms with Crippen LogP contribution in [0.25, 0.3) is 0 Å². The van der Waals surface area contributed by atoms with Crippen LogP contribution < -0.4 is 5.73 Å². The first-order valence-electron chi connectivity index (χ1n) is 4.94. The average Bonchev–Trinajstić information content (AvgIpc) is 2.66. The quantitative estimate of drug-likeness (QED) is 0.924. The molecule has 0 bridgehead atoms. The fraction of sp³-hybridized carbons (Fsp3) is 0.600. The molecule has 15 heavy (non-hydrogen) atoms. The standard InChI is InChI=1S/C10H14BrNO2S/c11-7-1-4-15-10(7)5-8(12)9-6-13-2-3-14-9/h1,4,8-9H,2-3,5-6,12H2. The molecule has 0 saturated carbocycles. The molecule has 0 aliphatic carbocycles. The molecule has 1 saturated heterocycles. The zero-order valence-electron chi connectivity index (χ0n) is 8.32. The summed E-state index contributed by atoms with van der Waals surface area (Å²) in [6, 6.07) is 2.06. The summed E-state index contributed by atoms with van der Waals surface area (Å²) < 4.78 is 12.0. The van der Waals surface area contributed by atoms with Gasteiger partial charge < -0.3 is 15.2 Å². The Bertz CT molecular complexity index is 312. The summed E-state index contributed by atoms with van der Waals surface area (Å²) in [6.07, 6.45) is 0.875. The Morgan fingerprint density at radius 2 is 2.47 bits per heavy atom. The van der Waals surface area contributed by atoms with E-state index in [4.69, 9.17) is 15.2 Å². The smallest absolute Gasteiger partial charge is 0.0963 e. The van der Waals surface area contributed by atoms with Crippen molar-refractivity contribution in [2.45, 2.75) is 18.6 Å². The number of hydrogen-bond donors (Lipinski definition) is 1. The lowest BCUT2D eigenvalue weighted by Gasteiger charge is -2.27. The minimum Gasteiger partial charge on any atom is -0.376 e. The molecular formula is C10H14BrNO2S. The third-order valence-electron chi connectivity index (χ3n) is 2.43. The highest BCUT2D eigenvalue weighted by Gasteiger charge is 2.23. The fourth-order valence-corrected chi connectivity index (χ4v) is 3.16. The van der Waals surface area contributed by atoms with E-state index >= 15 is 0 Å². The number of ether oxygens (including phenoxy) is 2. The lowest BCUT2D eigenvalue weighted by atomic mass is 10.1. The highest BCUT2D eigenvalue weighted by molar-refractivity contribution is 9.10. The zero-order chi connectivity index (χ0) is 10.7. The molecule has 3 nitrogen and oxygen atoms in total. The summed E-state index contributed by atoms with van der Waals surface area (Å²) in [6.45, 7) is 1.96. The van der Waals surface area contributed by atoms with E-state index in [0.29, 0.717) is 19.8 Å². The fourth-order valence-electron chi connectivity index (χ4n) is 1.57. The summed E-state index contributed by atoms with van der Waals surface area (Å²) in [5, 5.41) is 2.06. The lowest BCUT2D eigenvalue weighted by molar-refractivity contribution is -0.0967. The van der Waals surface area contributed by atoms with Crippen molar-refractivity contribution in [1.29, 1.82) is 0 Å². The SMILES string of the molecule is NC(Cc1sccc1Br)C1COCCO1. The third-order valence-corrected chi connectivity index (χ3v) is 4.38. The van der Waals surface area contributed by atoms with Crippen LogP contribution in [-0.2, 0) is 15.9 Å². The molecular weight excluding hydrogens is 278 g/mol. The highest BCUT2D eigenvalue weighted by Crippen LogP contribution is 2.24. The maximum Gasteiger partial charge on any atom is 0.0963 e. The van der Waals surface area contributed by atoms with Crippen molar-refractivity contribution >= 4 is 27.3 Å². The monoisotopic (exact) mass is 291 g/mol. The molecule has 84 valence electrons. The van der Waals surface area contributed by atoms with Crippen LogP contribution in [0.1, 0.15) is 4.88 Å². The van der Waals surface area contributed by atoms with Crippen molar-refractivity contribution < 1.29 is 9.47 Å². The van der Waals surface area contributed by atoms with Crippen LogP contribution in [0.5, 0.6) is 0 Å². The van der Waals surface area contributed by atoms with Gasteiger partial charge in [-0.2, -0.15) is 0 Å². The average molecular weight is 292 g/mol. The molecule has 1 fully saturated rings. The minimum absolute atomic E-state index is 0.0141. The molecule has 0 amide bonds. The van der Waals surface area contributed by atoms with Crippen LogP contribution in [0.3, 0.4) is 0 Å². The van der Waals surface area contributed by atoms with E-state index < -0.39 is 0 Å². The van der Waals surface area contributed by atoms with Crippen molar-refractivity contribution in [1.82, 2.24) is 0 Å². The van der Waals surface area contributed by atoms with Gasteiger partial charge in [-0.05, 0) is 27.4 Å². The molecule has 0 radical (unpaired) electrons. The normalized spacial score (nSPS) is 24.0. The first kappa shape index (κ1) is 11.5. The van der Waals surface area contributed by atoms with Gasteiger partial charge in [-0.1, -0.05) is 0 Å². The molecule has 5 heteroatoms. The van der Waals surface area contributed by atoms with Crippen LogP contribution in [0.15, 0.2) is 15.9 Å². The molecule has 1 aliphatic rings. The van der Waals surface area contributed by atoms with E-state index in [2.05, 4.69) is 21.3 Å². The Labute approximate surface area is 102 Å². The van der Waals surface area contributed by atoms with E-state index in [-0.39, 0.29) is 12.1 Å². The minimum atomic E-state index is 0.0141. The van der Waals surface area contributed by atoms with Gasteiger partial charge in [-0.15, -0.1) is 11.3 Å². The summed E-state index contributed by atoms with van der Waals surface area (Å²) in [7, 11) is 0. The molecule has 0 spiro atoms. The van der Waals surface area contributed by atoms with E-state index in [9.17, 15) is 0 Å². The number of thiophene rings is 1. The first-order chi connectivity index (χ1) is 7.27. The van der Waals surface area contributed by atoms with Gasteiger partial charge in [0.25, 0.3) is 0 Å². The topological polar surface area (TPSA) is 44.5 Å². The molecule has 2 heterocycles. The van der Waals surface area contributed by atoms with E-state index in [1.54, 1.807) is 11.3 Å². The molecule has 2 atom stereocenters. The zero-order valence-corrected chi connectivity index (χ0v) is 10.7. The highest BCUT2D eigenvalue weighted by atomic mass is 79.9. The van der Waals surface area contributed by atoms with Crippen LogP contribution in [-0.4, -0.2) is 32.0 Å². The van der Waals surface area contributed by atoms with E-state index in [1.165, 1.54) is 4.88 Å². The summed E-state index contributed by atoms with van der Waals surface area (Å²) in [5.74, 6) is 0. The Morgan fingerprint density at radius 3 is 3.07 bits per heavy atom. The Balaban J connectivity index is 1.91. The summed E-state index contributed by atoms with van der Waals surface area (Å²) in [4.78, 5) is 1.27. The third kappa shape index (κ3) is 3.01. The number of rotatable bonds is 3. The van der Waals surface area contributed by atoms with Crippen molar-refractivity contribution in [3.63, 3.8) is 0 Å². The van der Waals surface area contributed by atoms with Gasteiger partial charge in [0.1, 0.15) is 0 Å². The summed E-state index contributed by atoms with van der Waals surface area (Å²) in [5.41, 5.74) is 6.09. The van der Waals surface area contributed by atoms with Crippen LogP contribution in [0, 0.1) is 0 Å². The first-order valence-corrected chi connectivity index (χ1v) is 6.61. The van der Waals surface area contributed by atoms with Gasteiger partial charge >= 0.3 is 0 Å². The predicted octanol–water partition coefficient (Wildman–Crippen LogP) is 1.80. The van der Waals surface area contributed by atoms with Gasteiger partial charge in [-0.3, -0.25) is 0 Å². The molecule has 2 rings (SSSR count). The molecule has 0 aromatic carbocycles. The van der Waals surface area contributed by atoms with Gasteiger partial charge in [0.2, 0.25) is 0 Å². The maximum atomic E-state index is 6.09. The number of halogens is 1. The van der Waals surface area contributed by atoms with Gasteiger partial charge in [0.15, 0.2) is 0 Å². The van der Waals surface area contributed by atoms with Crippen LogP contribution in [0.2, 0.25) is 0 Å². The number of nitrogens with two attached hydrogens (primary N) is 1.